The minimum Gasteiger partial charge on any atom is -0.352 e. The molecular formula is C9H12BrN3. The zero-order valence-corrected chi connectivity index (χ0v) is 9.00. The van der Waals surface area contributed by atoms with E-state index in [1.807, 2.05) is 10.9 Å². The summed E-state index contributed by atoms with van der Waals surface area (Å²) in [6.07, 6.45) is 3.01. The number of halogens is 1. The van der Waals surface area contributed by atoms with E-state index in [1.54, 1.807) is 0 Å². The molecule has 0 N–H and O–H groups in total. The number of anilines is 1. The van der Waals surface area contributed by atoms with E-state index in [2.05, 4.69) is 38.6 Å². The van der Waals surface area contributed by atoms with Crippen LogP contribution in [0.15, 0.2) is 23.3 Å². The van der Waals surface area contributed by atoms with E-state index in [0.29, 0.717) is 0 Å². The number of rotatable bonds is 2. The maximum absolute atomic E-state index is 4.24. The Kier molecular flexibility index (Phi) is 2.40. The number of hydrogen-bond donors (Lipinski definition) is 0. The number of fused-ring (bicyclic) bond motifs is 1. The molecule has 0 fully saturated rings. The summed E-state index contributed by atoms with van der Waals surface area (Å²) in [6, 6.07) is 2.05. The van der Waals surface area contributed by atoms with Gasteiger partial charge in [-0.25, -0.2) is 4.68 Å². The fourth-order valence-electron chi connectivity index (χ4n) is 1.66. The highest BCUT2D eigenvalue weighted by molar-refractivity contribution is 9.11. The minimum absolute atomic E-state index is 0.867. The molecule has 0 aromatic carbocycles. The molecule has 1 aromatic heterocycles. The average molecular weight is 242 g/mol. The molecule has 4 heteroatoms. The Hall–Kier alpha value is -0.770. The Bertz CT molecular complexity index is 318. The molecule has 0 atom stereocenters. The first kappa shape index (κ1) is 8.81. The van der Waals surface area contributed by atoms with Crippen LogP contribution < -0.4 is 4.90 Å². The van der Waals surface area contributed by atoms with Crippen LogP contribution in [0.5, 0.6) is 0 Å². The third-order valence-corrected chi connectivity index (χ3v) is 2.43. The van der Waals surface area contributed by atoms with Gasteiger partial charge in [0, 0.05) is 23.6 Å². The van der Waals surface area contributed by atoms with Crippen LogP contribution in [0.4, 0.5) is 5.82 Å². The van der Waals surface area contributed by atoms with Crippen LogP contribution >= 0.6 is 15.9 Å². The van der Waals surface area contributed by atoms with Gasteiger partial charge < -0.3 is 4.90 Å². The maximum atomic E-state index is 4.24. The monoisotopic (exact) mass is 241 g/mol. The summed E-state index contributed by atoms with van der Waals surface area (Å²) >= 11 is 3.38. The van der Waals surface area contributed by atoms with Crippen molar-refractivity contribution in [2.75, 3.05) is 18.0 Å². The summed E-state index contributed by atoms with van der Waals surface area (Å²) in [6.45, 7) is 6.85. The third kappa shape index (κ3) is 1.77. The van der Waals surface area contributed by atoms with Crippen molar-refractivity contribution in [2.45, 2.75) is 13.0 Å². The Labute approximate surface area is 86.2 Å². The fourth-order valence-corrected chi connectivity index (χ4v) is 1.96. The summed E-state index contributed by atoms with van der Waals surface area (Å²) in [5.74, 6) is 1.20. The standard InChI is InChI=1S/C9H12BrN3/c1-8(10)7-12-5-2-6-13-9(12)3-4-11-13/h3-4H,1-2,5-7H2. The van der Waals surface area contributed by atoms with Gasteiger partial charge in [0.1, 0.15) is 5.82 Å². The highest BCUT2D eigenvalue weighted by Crippen LogP contribution is 2.21. The molecule has 0 aliphatic carbocycles. The van der Waals surface area contributed by atoms with Crippen molar-refractivity contribution in [3.8, 4) is 0 Å². The zero-order valence-electron chi connectivity index (χ0n) is 7.41. The number of aromatic nitrogens is 2. The van der Waals surface area contributed by atoms with Crippen molar-refractivity contribution in [3.63, 3.8) is 0 Å². The lowest BCUT2D eigenvalue weighted by Gasteiger charge is -2.29. The highest BCUT2D eigenvalue weighted by Gasteiger charge is 2.16. The SMILES string of the molecule is C=C(Br)CN1CCCn2nccc21. The molecule has 0 bridgehead atoms. The van der Waals surface area contributed by atoms with Gasteiger partial charge in [0.25, 0.3) is 0 Å². The van der Waals surface area contributed by atoms with Gasteiger partial charge in [-0.3, -0.25) is 0 Å². The van der Waals surface area contributed by atoms with Crippen molar-refractivity contribution >= 4 is 21.7 Å². The van der Waals surface area contributed by atoms with Crippen molar-refractivity contribution in [3.05, 3.63) is 23.3 Å². The second-order valence-electron chi connectivity index (χ2n) is 3.20. The molecule has 0 radical (unpaired) electrons. The third-order valence-electron chi connectivity index (χ3n) is 2.18. The number of nitrogens with zero attached hydrogens (tertiary/aromatic N) is 3. The van der Waals surface area contributed by atoms with Gasteiger partial charge in [-0.15, -0.1) is 0 Å². The lowest BCUT2D eigenvalue weighted by molar-refractivity contribution is 0.526. The van der Waals surface area contributed by atoms with Gasteiger partial charge in [0.15, 0.2) is 0 Å². The molecule has 0 spiro atoms. The van der Waals surface area contributed by atoms with E-state index in [0.717, 1.165) is 30.5 Å². The predicted molar refractivity (Wildman–Crippen MR) is 57.1 cm³/mol. The summed E-state index contributed by atoms with van der Waals surface area (Å²) < 4.78 is 3.06. The lowest BCUT2D eigenvalue weighted by atomic mass is 10.3. The van der Waals surface area contributed by atoms with E-state index in [-0.39, 0.29) is 0 Å². The fraction of sp³-hybridized carbons (Fsp3) is 0.444. The van der Waals surface area contributed by atoms with E-state index < -0.39 is 0 Å². The molecule has 3 nitrogen and oxygen atoms in total. The smallest absolute Gasteiger partial charge is 0.127 e. The van der Waals surface area contributed by atoms with Crippen LogP contribution in [0.3, 0.4) is 0 Å². The Balaban J connectivity index is 2.20. The summed E-state index contributed by atoms with van der Waals surface area (Å²) in [7, 11) is 0. The first-order valence-corrected chi connectivity index (χ1v) is 5.17. The summed E-state index contributed by atoms with van der Waals surface area (Å²) in [5.41, 5.74) is 0. The van der Waals surface area contributed by atoms with Gasteiger partial charge in [-0.2, -0.15) is 5.10 Å². The van der Waals surface area contributed by atoms with Gasteiger partial charge >= 0.3 is 0 Å². The molecule has 0 saturated heterocycles. The number of aryl methyl sites for hydroxylation is 1. The van der Waals surface area contributed by atoms with Gasteiger partial charge in [-0.1, -0.05) is 22.5 Å². The van der Waals surface area contributed by atoms with E-state index in [4.69, 9.17) is 0 Å². The van der Waals surface area contributed by atoms with Crippen LogP contribution in [-0.2, 0) is 6.54 Å². The van der Waals surface area contributed by atoms with Gasteiger partial charge in [-0.05, 0) is 6.42 Å². The average Bonchev–Trinajstić information content (AvgIpc) is 2.51. The van der Waals surface area contributed by atoms with Crippen molar-refractivity contribution in [2.24, 2.45) is 0 Å². The van der Waals surface area contributed by atoms with E-state index in [1.165, 1.54) is 5.82 Å². The first-order valence-electron chi connectivity index (χ1n) is 4.37. The second-order valence-corrected chi connectivity index (χ2v) is 4.33. The molecule has 0 unspecified atom stereocenters. The molecule has 0 saturated carbocycles. The Morgan fingerprint density at radius 1 is 1.62 bits per heavy atom. The Morgan fingerprint density at radius 3 is 3.23 bits per heavy atom. The molecule has 13 heavy (non-hydrogen) atoms. The normalized spacial score (nSPS) is 15.6. The van der Waals surface area contributed by atoms with Crippen LogP contribution in [-0.4, -0.2) is 22.9 Å². The second kappa shape index (κ2) is 3.54. The molecule has 1 aromatic rings. The lowest BCUT2D eigenvalue weighted by Crippen LogP contribution is -2.32. The largest absolute Gasteiger partial charge is 0.352 e. The van der Waals surface area contributed by atoms with Crippen LogP contribution in [0.25, 0.3) is 0 Å². The molecule has 70 valence electrons. The van der Waals surface area contributed by atoms with Crippen molar-refractivity contribution in [1.29, 1.82) is 0 Å². The Morgan fingerprint density at radius 2 is 2.46 bits per heavy atom. The molecule has 2 rings (SSSR count). The summed E-state index contributed by atoms with van der Waals surface area (Å²) in [5, 5.41) is 4.24. The molecule has 1 aliphatic heterocycles. The van der Waals surface area contributed by atoms with E-state index >= 15 is 0 Å². The first-order chi connectivity index (χ1) is 6.27. The minimum atomic E-state index is 0.867. The molecular weight excluding hydrogens is 230 g/mol. The summed E-state index contributed by atoms with van der Waals surface area (Å²) in [4.78, 5) is 2.29. The molecule has 1 aliphatic rings. The van der Waals surface area contributed by atoms with Gasteiger partial charge in [0.05, 0.1) is 12.7 Å². The zero-order chi connectivity index (χ0) is 9.26. The van der Waals surface area contributed by atoms with Crippen LogP contribution in [0.1, 0.15) is 6.42 Å². The van der Waals surface area contributed by atoms with Crippen molar-refractivity contribution < 1.29 is 0 Å². The maximum Gasteiger partial charge on any atom is 0.127 e. The van der Waals surface area contributed by atoms with E-state index in [9.17, 15) is 0 Å². The van der Waals surface area contributed by atoms with Gasteiger partial charge in [0.2, 0.25) is 0 Å². The van der Waals surface area contributed by atoms with Crippen LogP contribution in [0.2, 0.25) is 0 Å². The van der Waals surface area contributed by atoms with Crippen molar-refractivity contribution in [1.82, 2.24) is 9.78 Å². The highest BCUT2D eigenvalue weighted by atomic mass is 79.9. The van der Waals surface area contributed by atoms with Crippen LogP contribution in [0, 0.1) is 0 Å². The predicted octanol–water partition coefficient (Wildman–Crippen LogP) is 2.00. The quantitative estimate of drug-likeness (QED) is 0.790. The number of hydrogen-bond acceptors (Lipinski definition) is 2. The molecule has 0 amide bonds. The molecule has 2 heterocycles. The topological polar surface area (TPSA) is 21.1 Å².